The second kappa shape index (κ2) is 11.8. The first kappa shape index (κ1) is 24.8. The number of halogens is 1. The predicted molar refractivity (Wildman–Crippen MR) is 136 cm³/mol. The topological polar surface area (TPSA) is 58.6 Å². The first-order valence-corrected chi connectivity index (χ1v) is 12.2. The van der Waals surface area contributed by atoms with E-state index in [2.05, 4.69) is 21.2 Å². The molecule has 174 valence electrons. The summed E-state index contributed by atoms with van der Waals surface area (Å²) in [6, 6.07) is 21.0. The largest absolute Gasteiger partial charge is 0.483 e. The Labute approximate surface area is 204 Å². The van der Waals surface area contributed by atoms with Crippen LogP contribution in [0.15, 0.2) is 71.2 Å². The second-order valence-corrected chi connectivity index (χ2v) is 8.93. The molecule has 5 nitrogen and oxygen atoms in total. The van der Waals surface area contributed by atoms with Gasteiger partial charge in [0.2, 0.25) is 5.91 Å². The minimum Gasteiger partial charge on any atom is -0.483 e. The molecule has 0 heterocycles. The number of rotatable bonds is 10. The van der Waals surface area contributed by atoms with Crippen molar-refractivity contribution in [2.24, 2.45) is 0 Å². The van der Waals surface area contributed by atoms with Gasteiger partial charge in [-0.2, -0.15) is 0 Å². The Balaban J connectivity index is 1.81. The fraction of sp³-hybridized carbons (Fsp3) is 0.333. The molecule has 0 aliphatic heterocycles. The molecule has 0 bridgehead atoms. The maximum Gasteiger partial charge on any atom is 0.261 e. The standard InChI is InChI=1S/C27H31BrN2O3/c1-4-19(3)29-27(32)23(5-2)30(17-20-11-7-6-8-12-20)25(31)18-33-24-16-15-21-13-9-10-14-22(21)26(24)28/h6-16,19,23H,4-5,17-18H2,1-3H3,(H,29,32). The molecule has 6 heteroatoms. The summed E-state index contributed by atoms with van der Waals surface area (Å²) in [5.41, 5.74) is 0.965. The van der Waals surface area contributed by atoms with Crippen molar-refractivity contribution in [1.29, 1.82) is 0 Å². The summed E-state index contributed by atoms with van der Waals surface area (Å²) in [5, 5.41) is 5.12. The van der Waals surface area contributed by atoms with Gasteiger partial charge in [-0.05, 0) is 58.1 Å². The molecule has 0 aromatic heterocycles. The highest BCUT2D eigenvalue weighted by molar-refractivity contribution is 9.10. The van der Waals surface area contributed by atoms with Gasteiger partial charge in [-0.1, -0.05) is 74.5 Å². The molecule has 0 fully saturated rings. The number of hydrogen-bond acceptors (Lipinski definition) is 3. The molecule has 0 saturated heterocycles. The number of amides is 2. The van der Waals surface area contributed by atoms with Gasteiger partial charge < -0.3 is 15.0 Å². The van der Waals surface area contributed by atoms with E-state index in [-0.39, 0.29) is 24.5 Å². The molecule has 2 unspecified atom stereocenters. The van der Waals surface area contributed by atoms with Crippen LogP contribution in [0.25, 0.3) is 10.8 Å². The average Bonchev–Trinajstić information content (AvgIpc) is 2.84. The highest BCUT2D eigenvalue weighted by Crippen LogP contribution is 2.33. The van der Waals surface area contributed by atoms with Gasteiger partial charge in [0, 0.05) is 12.6 Å². The number of nitrogens with one attached hydrogen (secondary N) is 1. The van der Waals surface area contributed by atoms with Gasteiger partial charge >= 0.3 is 0 Å². The number of benzene rings is 3. The van der Waals surface area contributed by atoms with E-state index in [4.69, 9.17) is 4.74 Å². The van der Waals surface area contributed by atoms with Crippen LogP contribution in [0.3, 0.4) is 0 Å². The first-order chi connectivity index (χ1) is 15.9. The van der Waals surface area contributed by atoms with E-state index in [9.17, 15) is 9.59 Å². The minimum atomic E-state index is -0.574. The summed E-state index contributed by atoms with van der Waals surface area (Å²) in [5.74, 6) is 0.229. The molecular weight excluding hydrogens is 480 g/mol. The van der Waals surface area contributed by atoms with E-state index in [0.29, 0.717) is 18.7 Å². The summed E-state index contributed by atoms with van der Waals surface area (Å²) >= 11 is 3.61. The molecule has 3 aromatic rings. The van der Waals surface area contributed by atoms with Crippen molar-refractivity contribution in [3.05, 3.63) is 76.8 Å². The zero-order valence-corrected chi connectivity index (χ0v) is 21.0. The van der Waals surface area contributed by atoms with Crippen molar-refractivity contribution in [1.82, 2.24) is 10.2 Å². The van der Waals surface area contributed by atoms with Gasteiger partial charge in [0.25, 0.3) is 5.91 Å². The van der Waals surface area contributed by atoms with Gasteiger partial charge in [0.15, 0.2) is 6.61 Å². The molecule has 2 atom stereocenters. The fourth-order valence-electron chi connectivity index (χ4n) is 3.69. The molecule has 1 N–H and O–H groups in total. The SMILES string of the molecule is CCC(C)NC(=O)C(CC)N(Cc1ccccc1)C(=O)COc1ccc2ccccc2c1Br. The molecule has 33 heavy (non-hydrogen) atoms. The van der Waals surface area contributed by atoms with Crippen molar-refractivity contribution in [2.75, 3.05) is 6.61 Å². The molecule has 0 aliphatic rings. The van der Waals surface area contributed by atoms with Gasteiger partial charge in [0.1, 0.15) is 11.8 Å². The Morgan fingerprint density at radius 1 is 0.970 bits per heavy atom. The van der Waals surface area contributed by atoms with Gasteiger partial charge in [0.05, 0.1) is 4.47 Å². The lowest BCUT2D eigenvalue weighted by Crippen LogP contribution is -2.51. The summed E-state index contributed by atoms with van der Waals surface area (Å²) in [7, 11) is 0. The van der Waals surface area contributed by atoms with E-state index >= 15 is 0 Å². The van der Waals surface area contributed by atoms with Crippen molar-refractivity contribution in [3.8, 4) is 5.75 Å². The van der Waals surface area contributed by atoms with Crippen LogP contribution >= 0.6 is 15.9 Å². The van der Waals surface area contributed by atoms with Crippen LogP contribution in [0.2, 0.25) is 0 Å². The Bertz CT molecular complexity index is 1090. The Kier molecular flexibility index (Phi) is 8.89. The smallest absolute Gasteiger partial charge is 0.261 e. The normalized spacial score (nSPS) is 12.7. The lowest BCUT2D eigenvalue weighted by molar-refractivity contribution is -0.143. The third kappa shape index (κ3) is 6.35. The van der Waals surface area contributed by atoms with Crippen molar-refractivity contribution < 1.29 is 14.3 Å². The molecule has 0 saturated carbocycles. The predicted octanol–water partition coefficient (Wildman–Crippen LogP) is 5.70. The first-order valence-electron chi connectivity index (χ1n) is 11.4. The van der Waals surface area contributed by atoms with Gasteiger partial charge in [-0.25, -0.2) is 0 Å². The summed E-state index contributed by atoms with van der Waals surface area (Å²) in [4.78, 5) is 28.0. The van der Waals surface area contributed by atoms with Crippen molar-refractivity contribution in [2.45, 2.75) is 52.2 Å². The highest BCUT2D eigenvalue weighted by Gasteiger charge is 2.29. The summed E-state index contributed by atoms with van der Waals surface area (Å²) < 4.78 is 6.74. The van der Waals surface area contributed by atoms with Crippen LogP contribution in [-0.2, 0) is 16.1 Å². The van der Waals surface area contributed by atoms with Gasteiger partial charge in [-0.3, -0.25) is 9.59 Å². The molecule has 3 aromatic carbocycles. The highest BCUT2D eigenvalue weighted by atomic mass is 79.9. The maximum absolute atomic E-state index is 13.4. The minimum absolute atomic E-state index is 0.0463. The van der Waals surface area contributed by atoms with E-state index in [0.717, 1.165) is 27.2 Å². The van der Waals surface area contributed by atoms with Crippen LogP contribution in [-0.4, -0.2) is 35.4 Å². The summed E-state index contributed by atoms with van der Waals surface area (Å²) in [6.45, 7) is 6.10. The summed E-state index contributed by atoms with van der Waals surface area (Å²) in [6.07, 6.45) is 1.34. The molecule has 2 amide bonds. The van der Waals surface area contributed by atoms with Crippen molar-refractivity contribution in [3.63, 3.8) is 0 Å². The number of nitrogens with zero attached hydrogens (tertiary/aromatic N) is 1. The lowest BCUT2D eigenvalue weighted by atomic mass is 10.1. The number of carbonyl (C=O) groups excluding carboxylic acids is 2. The van der Waals surface area contributed by atoms with E-state index in [1.54, 1.807) is 4.90 Å². The van der Waals surface area contributed by atoms with Gasteiger partial charge in [-0.15, -0.1) is 0 Å². The third-order valence-corrected chi connectivity index (χ3v) is 6.58. The number of ether oxygens (including phenoxy) is 1. The Morgan fingerprint density at radius 3 is 2.36 bits per heavy atom. The fourth-order valence-corrected chi connectivity index (χ4v) is 4.30. The van der Waals surface area contributed by atoms with Crippen LogP contribution in [0.4, 0.5) is 0 Å². The van der Waals surface area contributed by atoms with Crippen LogP contribution in [0, 0.1) is 0 Å². The number of carbonyl (C=O) groups is 2. The molecule has 3 rings (SSSR count). The second-order valence-electron chi connectivity index (χ2n) is 8.14. The van der Waals surface area contributed by atoms with Crippen LogP contribution < -0.4 is 10.1 Å². The Hall–Kier alpha value is -2.86. The monoisotopic (exact) mass is 510 g/mol. The lowest BCUT2D eigenvalue weighted by Gasteiger charge is -2.31. The molecular formula is C27H31BrN2O3. The van der Waals surface area contributed by atoms with E-state index < -0.39 is 6.04 Å². The maximum atomic E-state index is 13.4. The van der Waals surface area contributed by atoms with Crippen LogP contribution in [0.1, 0.15) is 39.2 Å². The zero-order chi connectivity index (χ0) is 23.8. The molecule has 0 aliphatic carbocycles. The van der Waals surface area contributed by atoms with Crippen LogP contribution in [0.5, 0.6) is 5.75 Å². The molecule has 0 radical (unpaired) electrons. The average molecular weight is 511 g/mol. The van der Waals surface area contributed by atoms with E-state index in [1.807, 2.05) is 87.5 Å². The number of hydrogen-bond donors (Lipinski definition) is 1. The zero-order valence-electron chi connectivity index (χ0n) is 19.4. The Morgan fingerprint density at radius 2 is 1.67 bits per heavy atom. The van der Waals surface area contributed by atoms with Crippen molar-refractivity contribution >= 4 is 38.5 Å². The quantitative estimate of drug-likeness (QED) is 0.380. The number of fused-ring (bicyclic) bond motifs is 1. The molecule has 0 spiro atoms. The third-order valence-electron chi connectivity index (χ3n) is 5.76. The van der Waals surface area contributed by atoms with E-state index in [1.165, 1.54) is 0 Å².